The van der Waals surface area contributed by atoms with Crippen molar-refractivity contribution in [1.82, 2.24) is 0 Å². The lowest BCUT2D eigenvalue weighted by molar-refractivity contribution is 0.0703. The predicted molar refractivity (Wildman–Crippen MR) is 75.9 cm³/mol. The number of hydrogen-bond acceptors (Lipinski definition) is 3. The van der Waals surface area contributed by atoms with Crippen LogP contribution in [0.2, 0.25) is 10.0 Å². The molecule has 0 amide bonds. The summed E-state index contributed by atoms with van der Waals surface area (Å²) >= 11 is 13.1. The van der Waals surface area contributed by atoms with Gasteiger partial charge in [-0.15, -0.1) is 11.3 Å². The Hall–Kier alpha value is -1.23. The van der Waals surface area contributed by atoms with E-state index in [1.807, 2.05) is 0 Å². The molecule has 3 N–H and O–H groups in total. The zero-order valence-corrected chi connectivity index (χ0v) is 11.7. The van der Waals surface area contributed by atoms with E-state index >= 15 is 0 Å². The van der Waals surface area contributed by atoms with Gasteiger partial charge in [0.1, 0.15) is 4.88 Å². The molecule has 0 bridgehead atoms. The van der Waals surface area contributed by atoms with Crippen LogP contribution in [-0.2, 0) is 0 Å². The molecule has 0 saturated carbocycles. The Bertz CT molecular complexity index is 637. The molecule has 0 aliphatic rings. The number of thiophene rings is 1. The number of benzene rings is 1. The second kappa shape index (κ2) is 4.80. The Labute approximate surface area is 118 Å². The minimum atomic E-state index is -1.03. The number of carbonyl (C=O) groups is 1. The second-order valence-electron chi connectivity index (χ2n) is 3.73. The molecule has 1 aromatic heterocycles. The van der Waals surface area contributed by atoms with Crippen LogP contribution in [0.5, 0.6) is 0 Å². The van der Waals surface area contributed by atoms with E-state index in [4.69, 9.17) is 34.0 Å². The molecular formula is C12H9Cl2NO2S. The molecule has 1 heterocycles. The second-order valence-corrected chi connectivity index (χ2v) is 5.59. The standard InChI is InChI=1S/C12H9Cl2NO2S/c1-5-9(15)11(12(16)17)18-10(5)7-3-2-6(13)4-8(7)14/h2-4H,15H2,1H3,(H,16,17). The lowest BCUT2D eigenvalue weighted by Gasteiger charge is -2.03. The first-order valence-corrected chi connectivity index (χ1v) is 6.56. The van der Waals surface area contributed by atoms with Crippen LogP contribution >= 0.6 is 34.5 Å². The van der Waals surface area contributed by atoms with Crippen LogP contribution in [0.1, 0.15) is 15.2 Å². The summed E-state index contributed by atoms with van der Waals surface area (Å²) in [6.07, 6.45) is 0. The van der Waals surface area contributed by atoms with Gasteiger partial charge in [-0.1, -0.05) is 29.3 Å². The largest absolute Gasteiger partial charge is 0.477 e. The molecule has 0 radical (unpaired) electrons. The van der Waals surface area contributed by atoms with Gasteiger partial charge in [0.25, 0.3) is 0 Å². The van der Waals surface area contributed by atoms with Gasteiger partial charge >= 0.3 is 5.97 Å². The van der Waals surface area contributed by atoms with Crippen LogP contribution in [0, 0.1) is 6.92 Å². The maximum atomic E-state index is 11.0. The molecule has 94 valence electrons. The topological polar surface area (TPSA) is 63.3 Å². The highest BCUT2D eigenvalue weighted by molar-refractivity contribution is 7.18. The van der Waals surface area contributed by atoms with E-state index in [0.29, 0.717) is 10.0 Å². The van der Waals surface area contributed by atoms with Crippen molar-refractivity contribution in [3.8, 4) is 10.4 Å². The van der Waals surface area contributed by atoms with E-state index in [0.717, 1.165) is 27.3 Å². The van der Waals surface area contributed by atoms with Gasteiger partial charge in [0.2, 0.25) is 0 Å². The van der Waals surface area contributed by atoms with Crippen LogP contribution < -0.4 is 5.73 Å². The van der Waals surface area contributed by atoms with Crippen molar-refractivity contribution in [3.63, 3.8) is 0 Å². The molecule has 3 nitrogen and oxygen atoms in total. The third-order valence-electron chi connectivity index (χ3n) is 2.56. The molecule has 0 aliphatic carbocycles. The lowest BCUT2D eigenvalue weighted by Crippen LogP contribution is -1.97. The van der Waals surface area contributed by atoms with E-state index in [2.05, 4.69) is 0 Å². The number of carboxylic acids is 1. The summed E-state index contributed by atoms with van der Waals surface area (Å²) in [6, 6.07) is 5.08. The molecular weight excluding hydrogens is 293 g/mol. The Balaban J connectivity index is 2.64. The third kappa shape index (κ3) is 2.19. The zero-order valence-electron chi connectivity index (χ0n) is 9.33. The predicted octanol–water partition coefficient (Wildman–Crippen LogP) is 4.31. The highest BCUT2D eigenvalue weighted by Crippen LogP contribution is 2.41. The fraction of sp³-hybridized carbons (Fsp3) is 0.0833. The van der Waals surface area contributed by atoms with Crippen LogP contribution in [0.3, 0.4) is 0 Å². The van der Waals surface area contributed by atoms with Crippen molar-refractivity contribution in [2.75, 3.05) is 5.73 Å². The van der Waals surface area contributed by atoms with Gasteiger partial charge in [0.15, 0.2) is 0 Å². The van der Waals surface area contributed by atoms with Gasteiger partial charge in [-0.05, 0) is 24.6 Å². The summed E-state index contributed by atoms with van der Waals surface area (Å²) in [7, 11) is 0. The monoisotopic (exact) mass is 301 g/mol. The minimum absolute atomic E-state index is 0.133. The van der Waals surface area contributed by atoms with Crippen LogP contribution in [0.25, 0.3) is 10.4 Å². The molecule has 2 rings (SSSR count). The van der Waals surface area contributed by atoms with E-state index < -0.39 is 5.97 Å². The quantitative estimate of drug-likeness (QED) is 0.868. The minimum Gasteiger partial charge on any atom is -0.477 e. The molecule has 0 atom stereocenters. The molecule has 1 aromatic carbocycles. The van der Waals surface area contributed by atoms with E-state index in [1.54, 1.807) is 25.1 Å². The summed E-state index contributed by atoms with van der Waals surface area (Å²) in [4.78, 5) is 11.9. The van der Waals surface area contributed by atoms with E-state index in [-0.39, 0.29) is 10.6 Å². The fourth-order valence-corrected chi connectivity index (χ4v) is 3.28. The molecule has 0 fully saturated rings. The van der Waals surface area contributed by atoms with Gasteiger partial charge in [0.05, 0.1) is 10.7 Å². The first kappa shape index (κ1) is 13.2. The number of anilines is 1. The van der Waals surface area contributed by atoms with Gasteiger partial charge in [-0.3, -0.25) is 0 Å². The number of aromatic carboxylic acids is 1. The summed E-state index contributed by atoms with van der Waals surface area (Å²) in [5, 5.41) is 10.0. The Morgan fingerprint density at radius 1 is 1.39 bits per heavy atom. The van der Waals surface area contributed by atoms with Crippen molar-refractivity contribution < 1.29 is 9.90 Å². The first-order valence-electron chi connectivity index (χ1n) is 4.99. The zero-order chi connectivity index (χ0) is 13.4. The van der Waals surface area contributed by atoms with Crippen molar-refractivity contribution >= 4 is 46.2 Å². The first-order chi connectivity index (χ1) is 8.41. The maximum absolute atomic E-state index is 11.0. The molecule has 0 unspecified atom stereocenters. The molecule has 0 aliphatic heterocycles. The van der Waals surface area contributed by atoms with E-state index in [1.165, 1.54) is 0 Å². The smallest absolute Gasteiger partial charge is 0.348 e. The number of nitrogens with two attached hydrogens (primary N) is 1. The fourth-order valence-electron chi connectivity index (χ4n) is 1.62. The summed E-state index contributed by atoms with van der Waals surface area (Å²) in [5.74, 6) is -1.03. The summed E-state index contributed by atoms with van der Waals surface area (Å²) in [5.41, 5.74) is 7.53. The molecule has 0 saturated heterocycles. The van der Waals surface area contributed by atoms with Crippen LogP contribution in [-0.4, -0.2) is 11.1 Å². The number of nitrogen functional groups attached to an aromatic ring is 1. The average molecular weight is 302 g/mol. The number of rotatable bonds is 2. The highest BCUT2D eigenvalue weighted by atomic mass is 35.5. The Kier molecular flexibility index (Phi) is 3.52. The normalized spacial score (nSPS) is 10.6. The van der Waals surface area contributed by atoms with Gasteiger partial charge < -0.3 is 10.8 Å². The Morgan fingerprint density at radius 2 is 2.06 bits per heavy atom. The number of carboxylic acid groups (broad SMARTS) is 1. The third-order valence-corrected chi connectivity index (χ3v) is 4.44. The van der Waals surface area contributed by atoms with Gasteiger partial charge in [-0.25, -0.2) is 4.79 Å². The summed E-state index contributed by atoms with van der Waals surface area (Å²) in [6.45, 7) is 1.78. The number of hydrogen-bond donors (Lipinski definition) is 2. The van der Waals surface area contributed by atoms with Crippen molar-refractivity contribution in [1.29, 1.82) is 0 Å². The van der Waals surface area contributed by atoms with Crippen LogP contribution in [0.4, 0.5) is 5.69 Å². The van der Waals surface area contributed by atoms with E-state index in [9.17, 15) is 4.79 Å². The number of halogens is 2. The van der Waals surface area contributed by atoms with Crippen molar-refractivity contribution in [2.45, 2.75) is 6.92 Å². The lowest BCUT2D eigenvalue weighted by atomic mass is 10.1. The maximum Gasteiger partial charge on any atom is 0.348 e. The van der Waals surface area contributed by atoms with Gasteiger partial charge in [0, 0.05) is 15.5 Å². The molecule has 0 spiro atoms. The molecule has 18 heavy (non-hydrogen) atoms. The van der Waals surface area contributed by atoms with Crippen molar-refractivity contribution in [2.24, 2.45) is 0 Å². The van der Waals surface area contributed by atoms with Crippen molar-refractivity contribution in [3.05, 3.63) is 38.7 Å². The van der Waals surface area contributed by atoms with Crippen LogP contribution in [0.15, 0.2) is 18.2 Å². The molecule has 6 heteroatoms. The summed E-state index contributed by atoms with van der Waals surface area (Å²) < 4.78 is 0. The molecule has 2 aromatic rings. The average Bonchev–Trinajstić information content (AvgIpc) is 2.57. The van der Waals surface area contributed by atoms with Gasteiger partial charge in [-0.2, -0.15) is 0 Å². The Morgan fingerprint density at radius 3 is 2.56 bits per heavy atom. The highest BCUT2D eigenvalue weighted by Gasteiger charge is 2.20. The SMILES string of the molecule is Cc1c(-c2ccc(Cl)cc2Cl)sc(C(=O)O)c1N.